The molecule has 0 atom stereocenters. The summed E-state index contributed by atoms with van der Waals surface area (Å²) in [4.78, 5) is 11.5. The molecule has 0 spiro atoms. The summed E-state index contributed by atoms with van der Waals surface area (Å²) in [6, 6.07) is 7.72. The van der Waals surface area contributed by atoms with Crippen molar-refractivity contribution in [2.75, 3.05) is 0 Å². The molecule has 0 aliphatic carbocycles. The van der Waals surface area contributed by atoms with E-state index in [0.717, 1.165) is 11.1 Å². The number of carbonyl (C=O) groups is 1. The number of hydrogen-bond acceptors (Lipinski definition) is 3. The van der Waals surface area contributed by atoms with Gasteiger partial charge in [0.15, 0.2) is 0 Å². The van der Waals surface area contributed by atoms with E-state index in [1.54, 1.807) is 6.08 Å². The molecule has 0 bridgehead atoms. The number of rotatable bonds is 3. The molecule has 2 N–H and O–H groups in total. The summed E-state index contributed by atoms with van der Waals surface area (Å²) >= 11 is 0. The number of benzene rings is 1. The van der Waals surface area contributed by atoms with Crippen LogP contribution >= 0.6 is 12.4 Å². The van der Waals surface area contributed by atoms with E-state index in [1.807, 2.05) is 45.0 Å². The van der Waals surface area contributed by atoms with E-state index < -0.39 is 5.60 Å². The van der Waals surface area contributed by atoms with Gasteiger partial charge in [0.05, 0.1) is 0 Å². The zero-order valence-electron chi connectivity index (χ0n) is 11.0. The molecule has 4 heteroatoms. The van der Waals surface area contributed by atoms with Gasteiger partial charge in [-0.2, -0.15) is 0 Å². The van der Waals surface area contributed by atoms with Gasteiger partial charge in [-0.3, -0.25) is 0 Å². The largest absolute Gasteiger partial charge is 0.457 e. The van der Waals surface area contributed by atoms with E-state index in [2.05, 4.69) is 0 Å². The molecule has 1 rings (SSSR count). The molecule has 0 aromatic heterocycles. The van der Waals surface area contributed by atoms with Gasteiger partial charge in [0.1, 0.15) is 5.60 Å². The molecule has 1 aromatic carbocycles. The van der Waals surface area contributed by atoms with E-state index in [-0.39, 0.29) is 18.4 Å². The third-order valence-electron chi connectivity index (χ3n) is 2.01. The number of hydrogen-bond donors (Lipinski definition) is 1. The second-order valence-corrected chi connectivity index (χ2v) is 4.82. The van der Waals surface area contributed by atoms with Crippen LogP contribution in [0.4, 0.5) is 0 Å². The van der Waals surface area contributed by atoms with Gasteiger partial charge in [0.2, 0.25) is 0 Å². The molecule has 0 amide bonds. The monoisotopic (exact) mass is 269 g/mol. The molecular weight excluding hydrogens is 250 g/mol. The zero-order valence-corrected chi connectivity index (χ0v) is 11.8. The second-order valence-electron chi connectivity index (χ2n) is 4.82. The minimum Gasteiger partial charge on any atom is -0.457 e. The molecule has 0 heterocycles. The average Bonchev–Trinajstić information content (AvgIpc) is 2.24. The number of esters is 1. The van der Waals surface area contributed by atoms with E-state index >= 15 is 0 Å². The Balaban J connectivity index is 0.00000289. The standard InChI is InChI=1S/C14H19NO2.ClH/c1-14(2,3)17-13(16)8-7-11-5-4-6-12(9-11)10-15;/h4-9H,10,15H2,1-3H3;1H/b8-7+;. The molecule has 0 aliphatic rings. The summed E-state index contributed by atoms with van der Waals surface area (Å²) in [6.45, 7) is 6.02. The lowest BCUT2D eigenvalue weighted by atomic mass is 10.1. The van der Waals surface area contributed by atoms with Gasteiger partial charge in [-0.15, -0.1) is 12.4 Å². The first-order valence-electron chi connectivity index (χ1n) is 5.61. The first-order valence-corrected chi connectivity index (χ1v) is 5.61. The normalized spacial score (nSPS) is 11.1. The molecule has 3 nitrogen and oxygen atoms in total. The third-order valence-corrected chi connectivity index (χ3v) is 2.01. The lowest BCUT2D eigenvalue weighted by Crippen LogP contribution is -2.22. The Labute approximate surface area is 114 Å². The molecule has 0 saturated heterocycles. The summed E-state index contributed by atoms with van der Waals surface area (Å²) in [6.07, 6.45) is 3.16. The van der Waals surface area contributed by atoms with Crippen LogP contribution in [0, 0.1) is 0 Å². The Hall–Kier alpha value is -1.32. The van der Waals surface area contributed by atoms with Crippen molar-refractivity contribution in [1.82, 2.24) is 0 Å². The SMILES string of the molecule is CC(C)(C)OC(=O)/C=C/c1cccc(CN)c1.Cl. The van der Waals surface area contributed by atoms with Gasteiger partial charge in [0.25, 0.3) is 0 Å². The summed E-state index contributed by atoms with van der Waals surface area (Å²) in [5.74, 6) is -0.337. The highest BCUT2D eigenvalue weighted by Crippen LogP contribution is 2.09. The maximum absolute atomic E-state index is 11.5. The number of halogens is 1. The summed E-state index contributed by atoms with van der Waals surface area (Å²) in [5, 5.41) is 0. The van der Waals surface area contributed by atoms with E-state index in [0.29, 0.717) is 6.54 Å². The van der Waals surface area contributed by atoms with Crippen LogP contribution in [0.1, 0.15) is 31.9 Å². The molecule has 100 valence electrons. The fraction of sp³-hybridized carbons (Fsp3) is 0.357. The van der Waals surface area contributed by atoms with Crippen LogP contribution in [0.2, 0.25) is 0 Å². The van der Waals surface area contributed by atoms with Crippen LogP contribution in [0.25, 0.3) is 6.08 Å². The van der Waals surface area contributed by atoms with Crippen LogP contribution < -0.4 is 5.73 Å². The molecule has 0 saturated carbocycles. The van der Waals surface area contributed by atoms with Crippen LogP contribution in [0.3, 0.4) is 0 Å². The maximum atomic E-state index is 11.5. The lowest BCUT2D eigenvalue weighted by molar-refractivity contribution is -0.148. The summed E-state index contributed by atoms with van der Waals surface area (Å²) in [5.41, 5.74) is 7.07. The minimum absolute atomic E-state index is 0. The van der Waals surface area contributed by atoms with Crippen molar-refractivity contribution in [3.63, 3.8) is 0 Å². The highest BCUT2D eigenvalue weighted by atomic mass is 35.5. The number of ether oxygens (including phenoxy) is 1. The fourth-order valence-corrected chi connectivity index (χ4v) is 1.32. The van der Waals surface area contributed by atoms with Crippen molar-refractivity contribution in [1.29, 1.82) is 0 Å². The summed E-state index contributed by atoms with van der Waals surface area (Å²) in [7, 11) is 0. The third kappa shape index (κ3) is 6.42. The van der Waals surface area contributed by atoms with Crippen molar-refractivity contribution in [2.24, 2.45) is 5.73 Å². The van der Waals surface area contributed by atoms with E-state index in [9.17, 15) is 4.79 Å². The van der Waals surface area contributed by atoms with Gasteiger partial charge < -0.3 is 10.5 Å². The van der Waals surface area contributed by atoms with Crippen LogP contribution in [0.15, 0.2) is 30.3 Å². The van der Waals surface area contributed by atoms with Crippen molar-refractivity contribution < 1.29 is 9.53 Å². The van der Waals surface area contributed by atoms with Gasteiger partial charge in [-0.25, -0.2) is 4.79 Å². The Bertz CT molecular complexity index is 422. The van der Waals surface area contributed by atoms with Gasteiger partial charge in [0, 0.05) is 12.6 Å². The van der Waals surface area contributed by atoms with Gasteiger partial charge in [-0.05, 0) is 38.0 Å². The average molecular weight is 270 g/mol. The fourth-order valence-electron chi connectivity index (χ4n) is 1.32. The Morgan fingerprint density at radius 2 is 2.06 bits per heavy atom. The van der Waals surface area contributed by atoms with Crippen LogP contribution in [-0.2, 0) is 16.1 Å². The molecule has 0 unspecified atom stereocenters. The molecular formula is C14H20ClNO2. The first-order chi connectivity index (χ1) is 7.90. The first kappa shape index (κ1) is 16.7. The summed E-state index contributed by atoms with van der Waals surface area (Å²) < 4.78 is 5.17. The number of carbonyl (C=O) groups excluding carboxylic acids is 1. The number of nitrogens with two attached hydrogens (primary N) is 1. The predicted molar refractivity (Wildman–Crippen MR) is 76.5 cm³/mol. The minimum atomic E-state index is -0.458. The lowest BCUT2D eigenvalue weighted by Gasteiger charge is -2.17. The maximum Gasteiger partial charge on any atom is 0.331 e. The van der Waals surface area contributed by atoms with Crippen molar-refractivity contribution >= 4 is 24.5 Å². The zero-order chi connectivity index (χ0) is 12.9. The Morgan fingerprint density at radius 1 is 1.39 bits per heavy atom. The topological polar surface area (TPSA) is 52.3 Å². The molecule has 0 aliphatic heterocycles. The molecule has 1 aromatic rings. The van der Waals surface area contributed by atoms with E-state index in [1.165, 1.54) is 6.08 Å². The van der Waals surface area contributed by atoms with Gasteiger partial charge >= 0.3 is 5.97 Å². The van der Waals surface area contributed by atoms with Gasteiger partial charge in [-0.1, -0.05) is 24.3 Å². The molecule has 18 heavy (non-hydrogen) atoms. The highest BCUT2D eigenvalue weighted by Gasteiger charge is 2.13. The Kier molecular flexibility index (Phi) is 6.66. The smallest absolute Gasteiger partial charge is 0.331 e. The van der Waals surface area contributed by atoms with Crippen LogP contribution in [0.5, 0.6) is 0 Å². The Morgan fingerprint density at radius 3 is 2.61 bits per heavy atom. The quantitative estimate of drug-likeness (QED) is 0.678. The highest BCUT2D eigenvalue weighted by molar-refractivity contribution is 5.87. The van der Waals surface area contributed by atoms with Crippen molar-refractivity contribution in [3.8, 4) is 0 Å². The van der Waals surface area contributed by atoms with E-state index in [4.69, 9.17) is 10.5 Å². The second kappa shape index (κ2) is 7.19. The predicted octanol–water partition coefficient (Wildman–Crippen LogP) is 2.92. The van der Waals surface area contributed by atoms with Crippen molar-refractivity contribution in [3.05, 3.63) is 41.5 Å². The molecule has 0 fully saturated rings. The molecule has 0 radical (unpaired) electrons. The van der Waals surface area contributed by atoms with Crippen molar-refractivity contribution in [2.45, 2.75) is 32.9 Å². The van der Waals surface area contributed by atoms with Crippen LogP contribution in [-0.4, -0.2) is 11.6 Å².